The molecule has 272 valence electrons. The number of benzene rings is 10. The molecule has 0 radical (unpaired) electrons. The van der Waals surface area contributed by atoms with Crippen LogP contribution in [-0.4, -0.2) is 9.13 Å². The van der Waals surface area contributed by atoms with Gasteiger partial charge in [-0.25, -0.2) is 0 Å². The summed E-state index contributed by atoms with van der Waals surface area (Å²) in [7, 11) is 4.42. The van der Waals surface area contributed by atoms with E-state index in [2.05, 4.69) is 217 Å². The molecular formula is C56H38N2. The molecule has 0 aliphatic carbocycles. The predicted molar refractivity (Wildman–Crippen MR) is 249 cm³/mol. The maximum absolute atomic E-state index is 2.48. The molecule has 0 saturated heterocycles. The summed E-state index contributed by atoms with van der Waals surface area (Å²) in [6, 6.07) is 72.0. The summed E-state index contributed by atoms with van der Waals surface area (Å²) in [5.74, 6) is 0. The number of aryl methyl sites for hydroxylation is 2. The van der Waals surface area contributed by atoms with Gasteiger partial charge in [-0.1, -0.05) is 170 Å². The standard InChI is InChI=1S/C56H38N2/c1-57-52-29-8-6-18-42(52)48-27-13-25-46(55(48)57)40-21-11-23-44-50(40)34-51-41(47-26-14-28-49-43-19-7-9-30-53(43)58(2)56(47)49)22-12-24-45(51)54(44)37-31-32-39-36(33-37)17-10-20-38(39)35-15-4-3-5-16-35/h3-34H,1-2H3. The molecule has 12 aromatic rings. The van der Waals surface area contributed by atoms with Crippen molar-refractivity contribution < 1.29 is 0 Å². The second kappa shape index (κ2) is 12.5. The molecule has 0 fully saturated rings. The molecule has 2 heterocycles. The average molecular weight is 739 g/mol. The van der Waals surface area contributed by atoms with E-state index in [0.717, 1.165) is 0 Å². The van der Waals surface area contributed by atoms with Crippen molar-refractivity contribution in [3.05, 3.63) is 194 Å². The fourth-order valence-corrected chi connectivity index (χ4v) is 10.2. The highest BCUT2D eigenvalue weighted by atomic mass is 14.9. The molecule has 12 rings (SSSR count). The van der Waals surface area contributed by atoms with Crippen molar-refractivity contribution in [1.29, 1.82) is 0 Å². The summed E-state index contributed by atoms with van der Waals surface area (Å²) in [5.41, 5.74) is 14.9. The Morgan fingerprint density at radius 1 is 0.276 bits per heavy atom. The van der Waals surface area contributed by atoms with Crippen molar-refractivity contribution in [1.82, 2.24) is 9.13 Å². The molecule has 2 aromatic heterocycles. The van der Waals surface area contributed by atoms with Crippen LogP contribution in [0.4, 0.5) is 0 Å². The van der Waals surface area contributed by atoms with Crippen LogP contribution in [0.5, 0.6) is 0 Å². The average Bonchev–Trinajstić information content (AvgIpc) is 3.75. The van der Waals surface area contributed by atoms with E-state index in [1.54, 1.807) is 0 Å². The molecule has 2 nitrogen and oxygen atoms in total. The van der Waals surface area contributed by atoms with Crippen molar-refractivity contribution in [2.24, 2.45) is 14.1 Å². The Morgan fingerprint density at radius 3 is 1.33 bits per heavy atom. The summed E-state index contributed by atoms with van der Waals surface area (Å²) in [5, 5.41) is 12.6. The van der Waals surface area contributed by atoms with Gasteiger partial charge in [0.25, 0.3) is 0 Å². The van der Waals surface area contributed by atoms with Gasteiger partial charge in [0, 0.05) is 57.8 Å². The lowest BCUT2D eigenvalue weighted by Gasteiger charge is -2.19. The molecule has 0 N–H and O–H groups in total. The third kappa shape index (κ3) is 4.66. The van der Waals surface area contributed by atoms with E-state index in [0.29, 0.717) is 0 Å². The molecule has 0 amide bonds. The first-order valence-corrected chi connectivity index (χ1v) is 20.1. The van der Waals surface area contributed by atoms with Crippen LogP contribution in [0.1, 0.15) is 0 Å². The first-order chi connectivity index (χ1) is 28.6. The van der Waals surface area contributed by atoms with E-state index >= 15 is 0 Å². The van der Waals surface area contributed by atoms with E-state index < -0.39 is 0 Å². The summed E-state index contributed by atoms with van der Waals surface area (Å²) in [6.45, 7) is 0. The van der Waals surface area contributed by atoms with Gasteiger partial charge in [-0.05, 0) is 90.0 Å². The molecule has 0 aliphatic rings. The normalized spacial score (nSPS) is 12.0. The number of hydrogen-bond acceptors (Lipinski definition) is 0. The lowest BCUT2D eigenvalue weighted by molar-refractivity contribution is 1.02. The molecule has 0 saturated carbocycles. The molecule has 0 atom stereocenters. The lowest BCUT2D eigenvalue weighted by Crippen LogP contribution is -1.94. The van der Waals surface area contributed by atoms with Crippen LogP contribution < -0.4 is 0 Å². The highest BCUT2D eigenvalue weighted by Gasteiger charge is 2.21. The van der Waals surface area contributed by atoms with E-state index in [9.17, 15) is 0 Å². The Bertz CT molecular complexity index is 3460. The summed E-state index contributed by atoms with van der Waals surface area (Å²) >= 11 is 0. The zero-order chi connectivity index (χ0) is 38.5. The minimum Gasteiger partial charge on any atom is -0.343 e. The van der Waals surface area contributed by atoms with Gasteiger partial charge in [-0.3, -0.25) is 0 Å². The van der Waals surface area contributed by atoms with Crippen LogP contribution in [0.15, 0.2) is 194 Å². The van der Waals surface area contributed by atoms with E-state index in [-0.39, 0.29) is 0 Å². The third-order valence-corrected chi connectivity index (χ3v) is 12.7. The molecule has 0 bridgehead atoms. The lowest BCUT2D eigenvalue weighted by atomic mass is 9.85. The quantitative estimate of drug-likeness (QED) is 0.159. The molecular weight excluding hydrogens is 701 g/mol. The molecule has 10 aromatic carbocycles. The highest BCUT2D eigenvalue weighted by Crippen LogP contribution is 2.47. The Kier molecular flexibility index (Phi) is 7.09. The van der Waals surface area contributed by atoms with Crippen LogP contribution in [-0.2, 0) is 14.1 Å². The zero-order valence-corrected chi connectivity index (χ0v) is 32.4. The second-order valence-corrected chi connectivity index (χ2v) is 15.7. The van der Waals surface area contributed by atoms with Crippen LogP contribution >= 0.6 is 0 Å². The van der Waals surface area contributed by atoms with Crippen LogP contribution in [0.25, 0.3) is 120 Å². The number of hydrogen-bond donors (Lipinski definition) is 0. The third-order valence-electron chi connectivity index (χ3n) is 12.7. The fourth-order valence-electron chi connectivity index (χ4n) is 10.2. The maximum atomic E-state index is 2.48. The zero-order valence-electron chi connectivity index (χ0n) is 32.4. The van der Waals surface area contributed by atoms with Gasteiger partial charge >= 0.3 is 0 Å². The van der Waals surface area contributed by atoms with E-state index in [1.165, 1.54) is 120 Å². The SMILES string of the molecule is Cn1c2ccccc2c2cccc(-c3cccc4c(-c5ccc6c(-c7ccccc7)cccc6c5)c5cccc(-c6cccc7c8ccccc8n(C)c67)c5cc34)c21. The van der Waals surface area contributed by atoms with Gasteiger partial charge in [0.15, 0.2) is 0 Å². The summed E-state index contributed by atoms with van der Waals surface area (Å²) in [4.78, 5) is 0. The maximum Gasteiger partial charge on any atom is 0.0568 e. The smallest absolute Gasteiger partial charge is 0.0568 e. The fraction of sp³-hybridized carbons (Fsp3) is 0.0357. The molecule has 0 spiro atoms. The molecule has 2 heteroatoms. The van der Waals surface area contributed by atoms with Crippen LogP contribution in [0.2, 0.25) is 0 Å². The first-order valence-electron chi connectivity index (χ1n) is 20.1. The Hall–Kier alpha value is -7.42. The van der Waals surface area contributed by atoms with Gasteiger partial charge in [0.2, 0.25) is 0 Å². The van der Waals surface area contributed by atoms with E-state index in [4.69, 9.17) is 0 Å². The predicted octanol–water partition coefficient (Wildman–Crippen LogP) is 15.1. The number of para-hydroxylation sites is 4. The van der Waals surface area contributed by atoms with Crippen LogP contribution in [0.3, 0.4) is 0 Å². The summed E-state index contributed by atoms with van der Waals surface area (Å²) < 4.78 is 4.75. The minimum atomic E-state index is 1.22. The van der Waals surface area contributed by atoms with Gasteiger partial charge in [0.1, 0.15) is 0 Å². The van der Waals surface area contributed by atoms with Gasteiger partial charge in [0.05, 0.1) is 11.0 Å². The minimum absolute atomic E-state index is 1.22. The number of rotatable bonds is 4. The summed E-state index contributed by atoms with van der Waals surface area (Å²) in [6.07, 6.45) is 0. The Labute approximate surface area is 336 Å². The number of nitrogens with zero attached hydrogens (tertiary/aromatic N) is 2. The molecule has 0 aliphatic heterocycles. The van der Waals surface area contributed by atoms with Crippen molar-refractivity contribution in [3.63, 3.8) is 0 Å². The number of aromatic nitrogens is 2. The van der Waals surface area contributed by atoms with Gasteiger partial charge in [-0.2, -0.15) is 0 Å². The largest absolute Gasteiger partial charge is 0.343 e. The molecule has 58 heavy (non-hydrogen) atoms. The van der Waals surface area contributed by atoms with E-state index in [1.807, 2.05) is 0 Å². The monoisotopic (exact) mass is 738 g/mol. The van der Waals surface area contributed by atoms with Crippen molar-refractivity contribution in [2.45, 2.75) is 0 Å². The topological polar surface area (TPSA) is 9.86 Å². The first kappa shape index (κ1) is 32.8. The van der Waals surface area contributed by atoms with Gasteiger partial charge < -0.3 is 9.13 Å². The number of fused-ring (bicyclic) bond motifs is 9. The van der Waals surface area contributed by atoms with Crippen LogP contribution in [0, 0.1) is 0 Å². The van der Waals surface area contributed by atoms with Crippen molar-refractivity contribution >= 4 is 75.9 Å². The van der Waals surface area contributed by atoms with Gasteiger partial charge in [-0.15, -0.1) is 0 Å². The van der Waals surface area contributed by atoms with Crippen molar-refractivity contribution in [2.75, 3.05) is 0 Å². The second-order valence-electron chi connectivity index (χ2n) is 15.7. The Balaban J connectivity index is 1.20. The highest BCUT2D eigenvalue weighted by molar-refractivity contribution is 6.23. The molecule has 0 unspecified atom stereocenters. The van der Waals surface area contributed by atoms with Crippen molar-refractivity contribution in [3.8, 4) is 44.5 Å². The Morgan fingerprint density at radius 2 is 0.741 bits per heavy atom.